The quantitative estimate of drug-likeness (QED) is 0.943. The van der Waals surface area contributed by atoms with E-state index in [1.165, 1.54) is 37.4 Å². The van der Waals surface area contributed by atoms with E-state index in [0.29, 0.717) is 12.2 Å². The molecule has 0 saturated heterocycles. The fourth-order valence-electron chi connectivity index (χ4n) is 2.01. The van der Waals surface area contributed by atoms with Crippen molar-refractivity contribution >= 4 is 15.7 Å². The van der Waals surface area contributed by atoms with Crippen molar-refractivity contribution in [2.24, 2.45) is 5.73 Å². The van der Waals surface area contributed by atoms with Crippen molar-refractivity contribution in [1.82, 2.24) is 0 Å². The van der Waals surface area contributed by atoms with Crippen molar-refractivity contribution < 1.29 is 12.8 Å². The van der Waals surface area contributed by atoms with E-state index in [1.807, 2.05) is 6.92 Å². The second kappa shape index (κ2) is 5.83. The summed E-state index contributed by atoms with van der Waals surface area (Å²) in [5.41, 5.74) is 7.71. The molecule has 112 valence electrons. The number of sulfonamides is 1. The molecule has 0 saturated carbocycles. The minimum absolute atomic E-state index is 0.184. The Kier molecular flexibility index (Phi) is 4.29. The molecule has 6 heteroatoms. The summed E-state index contributed by atoms with van der Waals surface area (Å²) in [4.78, 5) is 0.184. The molecule has 0 spiro atoms. The Labute approximate surface area is 124 Å². The Morgan fingerprint density at radius 2 is 1.76 bits per heavy atom. The van der Waals surface area contributed by atoms with E-state index in [0.717, 1.165) is 15.4 Å². The van der Waals surface area contributed by atoms with E-state index in [-0.39, 0.29) is 4.90 Å². The van der Waals surface area contributed by atoms with Crippen LogP contribution in [0.2, 0.25) is 0 Å². The summed E-state index contributed by atoms with van der Waals surface area (Å²) < 4.78 is 39.2. The van der Waals surface area contributed by atoms with Gasteiger partial charge in [0, 0.05) is 13.6 Å². The van der Waals surface area contributed by atoms with Gasteiger partial charge in [-0.05, 0) is 54.4 Å². The zero-order valence-corrected chi connectivity index (χ0v) is 12.7. The lowest BCUT2D eigenvalue weighted by Gasteiger charge is -2.20. The topological polar surface area (TPSA) is 63.4 Å². The summed E-state index contributed by atoms with van der Waals surface area (Å²) in [5.74, 6) is -0.410. The third-order valence-corrected chi connectivity index (χ3v) is 5.16. The smallest absolute Gasteiger partial charge is 0.264 e. The maximum Gasteiger partial charge on any atom is 0.264 e. The second-order valence-electron chi connectivity index (χ2n) is 4.74. The summed E-state index contributed by atoms with van der Waals surface area (Å²) in [5, 5.41) is 0. The van der Waals surface area contributed by atoms with Crippen LogP contribution in [-0.4, -0.2) is 15.5 Å². The Bertz CT molecular complexity index is 743. The molecule has 0 fully saturated rings. The third kappa shape index (κ3) is 3.06. The molecule has 2 rings (SSSR count). The van der Waals surface area contributed by atoms with Crippen LogP contribution in [0, 0.1) is 12.7 Å². The van der Waals surface area contributed by atoms with E-state index in [4.69, 9.17) is 5.73 Å². The normalized spacial score (nSPS) is 11.4. The number of anilines is 1. The van der Waals surface area contributed by atoms with Crippen LogP contribution in [0.25, 0.3) is 0 Å². The first-order valence-electron chi connectivity index (χ1n) is 6.40. The highest BCUT2D eigenvalue weighted by Gasteiger charge is 2.21. The number of rotatable bonds is 4. The predicted molar refractivity (Wildman–Crippen MR) is 81.1 cm³/mol. The van der Waals surface area contributed by atoms with Gasteiger partial charge in [0.05, 0.1) is 10.6 Å². The maximum absolute atomic E-state index is 12.9. The molecule has 0 unspecified atom stereocenters. The van der Waals surface area contributed by atoms with Crippen molar-refractivity contribution in [3.8, 4) is 0 Å². The van der Waals surface area contributed by atoms with Crippen LogP contribution in [0.3, 0.4) is 0 Å². The van der Waals surface area contributed by atoms with Gasteiger partial charge in [-0.25, -0.2) is 12.8 Å². The number of halogens is 1. The molecule has 0 aliphatic carbocycles. The van der Waals surface area contributed by atoms with Gasteiger partial charge in [0.15, 0.2) is 0 Å². The molecular weight excluding hydrogens is 291 g/mol. The van der Waals surface area contributed by atoms with Gasteiger partial charge in [-0.2, -0.15) is 0 Å². The minimum atomic E-state index is -3.68. The van der Waals surface area contributed by atoms with Gasteiger partial charge in [0.1, 0.15) is 5.82 Å². The number of hydrogen-bond acceptors (Lipinski definition) is 3. The van der Waals surface area contributed by atoms with Crippen molar-refractivity contribution in [3.05, 3.63) is 59.4 Å². The average molecular weight is 308 g/mol. The molecule has 2 aromatic rings. The first kappa shape index (κ1) is 15.5. The molecule has 0 amide bonds. The highest BCUT2D eigenvalue weighted by atomic mass is 32.2. The summed E-state index contributed by atoms with van der Waals surface area (Å²) in [7, 11) is -2.24. The minimum Gasteiger partial charge on any atom is -0.326 e. The van der Waals surface area contributed by atoms with Crippen LogP contribution in [-0.2, 0) is 16.6 Å². The van der Waals surface area contributed by atoms with E-state index < -0.39 is 15.8 Å². The van der Waals surface area contributed by atoms with E-state index in [1.54, 1.807) is 12.1 Å². The second-order valence-corrected chi connectivity index (χ2v) is 6.71. The molecule has 0 bridgehead atoms. The maximum atomic E-state index is 12.9. The monoisotopic (exact) mass is 308 g/mol. The highest BCUT2D eigenvalue weighted by Crippen LogP contribution is 2.23. The van der Waals surface area contributed by atoms with E-state index in [2.05, 4.69) is 0 Å². The molecule has 2 N–H and O–H groups in total. The first-order valence-corrected chi connectivity index (χ1v) is 7.84. The van der Waals surface area contributed by atoms with Crippen molar-refractivity contribution in [3.63, 3.8) is 0 Å². The fraction of sp³-hybridized carbons (Fsp3) is 0.200. The summed E-state index contributed by atoms with van der Waals surface area (Å²) in [6.45, 7) is 2.18. The van der Waals surface area contributed by atoms with Gasteiger partial charge in [-0.3, -0.25) is 4.31 Å². The number of nitrogens with zero attached hydrogens (tertiary/aromatic N) is 1. The predicted octanol–water partition coefficient (Wildman–Crippen LogP) is 2.42. The largest absolute Gasteiger partial charge is 0.326 e. The Morgan fingerprint density at radius 3 is 2.29 bits per heavy atom. The van der Waals surface area contributed by atoms with Crippen LogP contribution < -0.4 is 10.0 Å². The van der Waals surface area contributed by atoms with Gasteiger partial charge in [0.25, 0.3) is 10.0 Å². The van der Waals surface area contributed by atoms with Crippen molar-refractivity contribution in [2.45, 2.75) is 18.4 Å². The average Bonchev–Trinajstić information content (AvgIpc) is 2.47. The zero-order valence-electron chi connectivity index (χ0n) is 11.9. The molecule has 2 aromatic carbocycles. The molecule has 0 aliphatic heterocycles. The Morgan fingerprint density at radius 1 is 1.14 bits per heavy atom. The van der Waals surface area contributed by atoms with Gasteiger partial charge in [0.2, 0.25) is 0 Å². The highest BCUT2D eigenvalue weighted by molar-refractivity contribution is 7.92. The van der Waals surface area contributed by atoms with Crippen molar-refractivity contribution in [2.75, 3.05) is 11.4 Å². The van der Waals surface area contributed by atoms with E-state index in [9.17, 15) is 12.8 Å². The molecule has 0 atom stereocenters. The van der Waals surface area contributed by atoms with Crippen LogP contribution in [0.15, 0.2) is 47.4 Å². The molecule has 0 heterocycles. The molecule has 0 radical (unpaired) electrons. The van der Waals surface area contributed by atoms with Crippen LogP contribution in [0.4, 0.5) is 10.1 Å². The fourth-order valence-corrected chi connectivity index (χ4v) is 3.29. The molecular formula is C15H17FN2O2S. The summed E-state index contributed by atoms with van der Waals surface area (Å²) in [6, 6.07) is 10.1. The lowest BCUT2D eigenvalue weighted by Crippen LogP contribution is -2.26. The Balaban J connectivity index is 2.41. The lowest BCUT2D eigenvalue weighted by atomic mass is 10.1. The molecule has 0 aromatic heterocycles. The molecule has 21 heavy (non-hydrogen) atoms. The number of benzene rings is 2. The summed E-state index contributed by atoms with van der Waals surface area (Å²) in [6.07, 6.45) is 0. The first-order chi connectivity index (χ1) is 9.86. The molecule has 0 aliphatic rings. The molecule has 4 nitrogen and oxygen atoms in total. The standard InChI is InChI=1S/C15H17FN2O2S/c1-11-9-15(8-3-12(11)10-17)21(19,20)18(2)14-6-4-13(16)5-7-14/h3-9H,10,17H2,1-2H3. The summed E-state index contributed by atoms with van der Waals surface area (Å²) >= 11 is 0. The van der Waals surface area contributed by atoms with Crippen molar-refractivity contribution in [1.29, 1.82) is 0 Å². The number of aryl methyl sites for hydroxylation is 1. The zero-order chi connectivity index (χ0) is 15.6. The van der Waals surface area contributed by atoms with Gasteiger partial charge >= 0.3 is 0 Å². The number of hydrogen-bond donors (Lipinski definition) is 1. The number of nitrogens with two attached hydrogens (primary N) is 1. The SMILES string of the molecule is Cc1cc(S(=O)(=O)N(C)c2ccc(F)cc2)ccc1CN. The lowest BCUT2D eigenvalue weighted by molar-refractivity contribution is 0.594. The van der Waals surface area contributed by atoms with Gasteiger partial charge < -0.3 is 5.73 Å². The van der Waals surface area contributed by atoms with Gasteiger partial charge in [-0.15, -0.1) is 0 Å². The van der Waals surface area contributed by atoms with Crippen LogP contribution >= 0.6 is 0 Å². The Hall–Kier alpha value is -1.92. The van der Waals surface area contributed by atoms with Crippen LogP contribution in [0.5, 0.6) is 0 Å². The third-order valence-electron chi connectivity index (χ3n) is 3.38. The van der Waals surface area contributed by atoms with E-state index >= 15 is 0 Å². The van der Waals surface area contributed by atoms with Gasteiger partial charge in [-0.1, -0.05) is 6.07 Å². The van der Waals surface area contributed by atoms with Crippen LogP contribution in [0.1, 0.15) is 11.1 Å².